The molecule has 4 aliphatic carbocycles. The molecule has 37 heavy (non-hydrogen) atoms. The Balaban J connectivity index is 1.34. The maximum absolute atomic E-state index is 11.9. The summed E-state index contributed by atoms with van der Waals surface area (Å²) in [5.74, 6) is 2.55. The molecular formula is C33H48O4. The number of hydrogen-bond donors (Lipinski definition) is 3. The van der Waals surface area contributed by atoms with Crippen molar-refractivity contribution in [1.82, 2.24) is 0 Å². The number of carboxylic acids is 1. The molecule has 1 aromatic carbocycles. The van der Waals surface area contributed by atoms with Gasteiger partial charge in [0.1, 0.15) is 0 Å². The van der Waals surface area contributed by atoms with Crippen molar-refractivity contribution in [3.63, 3.8) is 0 Å². The Kier molecular flexibility index (Phi) is 7.39. The van der Waals surface area contributed by atoms with E-state index in [-0.39, 0.29) is 23.0 Å². The third kappa shape index (κ3) is 4.40. The molecule has 204 valence electrons. The highest BCUT2D eigenvalue weighted by Crippen LogP contribution is 2.69. The molecule has 4 heteroatoms. The Morgan fingerprint density at radius 1 is 1.03 bits per heavy atom. The maximum Gasteiger partial charge on any atom is 0.336 e. The van der Waals surface area contributed by atoms with Gasteiger partial charge in [0.05, 0.1) is 17.8 Å². The van der Waals surface area contributed by atoms with E-state index >= 15 is 0 Å². The molecule has 0 radical (unpaired) electrons. The smallest absolute Gasteiger partial charge is 0.336 e. The molecule has 11 atom stereocenters. The summed E-state index contributed by atoms with van der Waals surface area (Å²) < 4.78 is 0. The van der Waals surface area contributed by atoms with E-state index in [1.165, 1.54) is 25.7 Å². The van der Waals surface area contributed by atoms with Crippen molar-refractivity contribution in [3.8, 4) is 0 Å². The standard InChI is InChI=1S/C33H48O4/c1-5-23-28-19-22(34)15-17-33(28,4)27-16-18-32(3)25(13-14-26(32)29(27)30(23)35)20(2)9-8-11-21-10-6-7-12-24(21)31(36)37/h6-8,10-12,20,22-23,25-30,34-35H,5,9,13-19H2,1-4H3,(H,36,37)/b11-8+/t20-,22-,23-,25-,26?,27?,28+,29?,30-,32-,33-/m1/s1. The van der Waals surface area contributed by atoms with Crippen LogP contribution in [0.4, 0.5) is 0 Å². The van der Waals surface area contributed by atoms with Gasteiger partial charge >= 0.3 is 5.97 Å². The summed E-state index contributed by atoms with van der Waals surface area (Å²) in [7, 11) is 0. The van der Waals surface area contributed by atoms with Crippen LogP contribution in [-0.2, 0) is 0 Å². The van der Waals surface area contributed by atoms with E-state index in [2.05, 4.69) is 33.8 Å². The van der Waals surface area contributed by atoms with Crippen molar-refractivity contribution < 1.29 is 20.1 Å². The van der Waals surface area contributed by atoms with Crippen LogP contribution in [0.5, 0.6) is 0 Å². The van der Waals surface area contributed by atoms with Crippen LogP contribution in [0.2, 0.25) is 0 Å². The number of hydrogen-bond acceptors (Lipinski definition) is 3. The predicted octanol–water partition coefficient (Wildman–Crippen LogP) is 7.05. The summed E-state index contributed by atoms with van der Waals surface area (Å²) in [6.07, 6.45) is 13.5. The number of carbonyl (C=O) groups is 1. The second-order valence-electron chi connectivity index (χ2n) is 13.6. The largest absolute Gasteiger partial charge is 0.478 e. The highest BCUT2D eigenvalue weighted by molar-refractivity contribution is 5.92. The van der Waals surface area contributed by atoms with Gasteiger partial charge in [0.2, 0.25) is 0 Å². The van der Waals surface area contributed by atoms with Crippen LogP contribution in [0.15, 0.2) is 30.3 Å². The van der Waals surface area contributed by atoms with Crippen LogP contribution in [-0.4, -0.2) is 33.5 Å². The van der Waals surface area contributed by atoms with Crippen molar-refractivity contribution in [2.75, 3.05) is 0 Å². The molecule has 1 aromatic rings. The Morgan fingerprint density at radius 2 is 1.73 bits per heavy atom. The number of aliphatic hydroxyl groups is 2. The first-order chi connectivity index (χ1) is 17.6. The minimum Gasteiger partial charge on any atom is -0.478 e. The average Bonchev–Trinajstić information content (AvgIpc) is 3.22. The van der Waals surface area contributed by atoms with E-state index in [1.54, 1.807) is 12.1 Å². The third-order valence-corrected chi connectivity index (χ3v) is 12.1. The number of aliphatic hydroxyl groups excluding tert-OH is 2. The zero-order chi connectivity index (χ0) is 26.5. The Labute approximate surface area is 223 Å². The topological polar surface area (TPSA) is 77.8 Å². The van der Waals surface area contributed by atoms with E-state index in [9.17, 15) is 20.1 Å². The molecular weight excluding hydrogens is 460 g/mol. The van der Waals surface area contributed by atoms with Crippen molar-refractivity contribution in [3.05, 3.63) is 41.5 Å². The summed E-state index contributed by atoms with van der Waals surface area (Å²) in [4.78, 5) is 11.6. The molecule has 3 unspecified atom stereocenters. The lowest BCUT2D eigenvalue weighted by atomic mass is 9.41. The summed E-state index contributed by atoms with van der Waals surface area (Å²) in [5, 5.41) is 31.9. The predicted molar refractivity (Wildman–Crippen MR) is 148 cm³/mol. The van der Waals surface area contributed by atoms with Gasteiger partial charge in [0.25, 0.3) is 0 Å². The van der Waals surface area contributed by atoms with Gasteiger partial charge in [-0.2, -0.15) is 0 Å². The lowest BCUT2D eigenvalue weighted by Crippen LogP contribution is -2.62. The molecule has 4 fully saturated rings. The molecule has 0 aliphatic heterocycles. The van der Waals surface area contributed by atoms with Gasteiger partial charge in [0, 0.05) is 0 Å². The molecule has 0 spiro atoms. The fourth-order valence-electron chi connectivity index (χ4n) is 10.3. The highest BCUT2D eigenvalue weighted by atomic mass is 16.4. The molecule has 4 saturated carbocycles. The fourth-order valence-corrected chi connectivity index (χ4v) is 10.3. The number of rotatable bonds is 6. The summed E-state index contributed by atoms with van der Waals surface area (Å²) >= 11 is 0. The quantitative estimate of drug-likeness (QED) is 0.385. The minimum absolute atomic E-state index is 0.197. The zero-order valence-electron chi connectivity index (χ0n) is 23.3. The first kappa shape index (κ1) is 26.9. The normalized spacial score (nSPS) is 44.2. The molecule has 0 amide bonds. The molecule has 3 N–H and O–H groups in total. The average molecular weight is 509 g/mol. The van der Waals surface area contributed by atoms with Crippen LogP contribution in [0, 0.1) is 52.3 Å². The summed E-state index contributed by atoms with van der Waals surface area (Å²) in [6.45, 7) is 9.65. The second-order valence-corrected chi connectivity index (χ2v) is 13.6. The monoisotopic (exact) mass is 508 g/mol. The van der Waals surface area contributed by atoms with E-state index in [4.69, 9.17) is 0 Å². The molecule has 0 saturated heterocycles. The minimum atomic E-state index is -0.879. The number of carboxylic acid groups (broad SMARTS) is 1. The number of aromatic carboxylic acids is 1. The molecule has 4 aliphatic rings. The van der Waals surface area contributed by atoms with Gasteiger partial charge in [-0.15, -0.1) is 0 Å². The van der Waals surface area contributed by atoms with Gasteiger partial charge in [-0.1, -0.05) is 64.5 Å². The highest BCUT2D eigenvalue weighted by Gasteiger charge is 2.64. The fraction of sp³-hybridized carbons (Fsp3) is 0.727. The van der Waals surface area contributed by atoms with Crippen LogP contribution < -0.4 is 0 Å². The number of allylic oxidation sites excluding steroid dienone is 1. The molecule has 4 nitrogen and oxygen atoms in total. The van der Waals surface area contributed by atoms with Crippen LogP contribution in [0.25, 0.3) is 6.08 Å². The van der Waals surface area contributed by atoms with Gasteiger partial charge < -0.3 is 15.3 Å². The van der Waals surface area contributed by atoms with E-state index in [0.717, 1.165) is 37.7 Å². The van der Waals surface area contributed by atoms with Gasteiger partial charge in [-0.3, -0.25) is 0 Å². The van der Waals surface area contributed by atoms with Crippen molar-refractivity contribution >= 4 is 12.0 Å². The number of fused-ring (bicyclic) bond motifs is 5. The van der Waals surface area contributed by atoms with Gasteiger partial charge in [0.15, 0.2) is 0 Å². The van der Waals surface area contributed by atoms with Gasteiger partial charge in [-0.25, -0.2) is 4.79 Å². The SMILES string of the molecule is CC[C@H]1[C@@H](O)C2C3CC[C@H]([C@H](C)C/C=C/c4ccccc4C(=O)O)[C@@]3(C)CCC2[C@@]2(C)CC[C@@H](O)C[C@@H]12. The van der Waals surface area contributed by atoms with E-state index in [1.807, 2.05) is 18.2 Å². The third-order valence-electron chi connectivity index (χ3n) is 12.1. The first-order valence-corrected chi connectivity index (χ1v) is 15.0. The Hall–Kier alpha value is -1.65. The van der Waals surface area contributed by atoms with Crippen LogP contribution >= 0.6 is 0 Å². The maximum atomic E-state index is 11.9. The molecule has 0 aromatic heterocycles. The lowest BCUT2D eigenvalue weighted by Gasteiger charge is -2.64. The summed E-state index contributed by atoms with van der Waals surface area (Å²) in [6, 6.07) is 7.23. The molecule has 0 bridgehead atoms. The first-order valence-electron chi connectivity index (χ1n) is 15.0. The van der Waals surface area contributed by atoms with Gasteiger partial charge in [-0.05, 0) is 115 Å². The second kappa shape index (κ2) is 10.2. The van der Waals surface area contributed by atoms with Crippen molar-refractivity contribution in [2.45, 2.75) is 97.7 Å². The number of benzene rings is 1. The summed E-state index contributed by atoms with van der Waals surface area (Å²) in [5.41, 5.74) is 1.63. The van der Waals surface area contributed by atoms with E-state index in [0.29, 0.717) is 47.0 Å². The zero-order valence-corrected chi connectivity index (χ0v) is 23.3. The van der Waals surface area contributed by atoms with Crippen LogP contribution in [0.3, 0.4) is 0 Å². The molecule has 0 heterocycles. The Morgan fingerprint density at radius 3 is 2.46 bits per heavy atom. The molecule has 5 rings (SSSR count). The lowest BCUT2D eigenvalue weighted by molar-refractivity contribution is -0.203. The van der Waals surface area contributed by atoms with Crippen LogP contribution in [0.1, 0.15) is 101 Å². The van der Waals surface area contributed by atoms with Crippen molar-refractivity contribution in [2.24, 2.45) is 52.3 Å². The Bertz CT molecular complexity index is 1020. The van der Waals surface area contributed by atoms with Crippen molar-refractivity contribution in [1.29, 1.82) is 0 Å². The van der Waals surface area contributed by atoms with E-state index < -0.39 is 5.97 Å².